The highest BCUT2D eigenvalue weighted by Crippen LogP contribution is 2.21. The summed E-state index contributed by atoms with van der Waals surface area (Å²) in [6.07, 6.45) is 5.40. The molecule has 1 amide bonds. The van der Waals surface area contributed by atoms with Crippen LogP contribution in [0.4, 0.5) is 5.82 Å². The second-order valence-corrected chi connectivity index (χ2v) is 6.14. The Balaban J connectivity index is 1.72. The normalized spacial score (nSPS) is 12.1. The van der Waals surface area contributed by atoms with E-state index in [9.17, 15) is 4.79 Å². The van der Waals surface area contributed by atoms with Crippen molar-refractivity contribution in [2.24, 2.45) is 0 Å². The number of rotatable bonds is 7. The van der Waals surface area contributed by atoms with E-state index in [1.807, 2.05) is 79.8 Å². The van der Waals surface area contributed by atoms with Crippen LogP contribution in [0, 0.1) is 0 Å². The minimum Gasteiger partial charge on any atom is -0.308 e. The highest BCUT2D eigenvalue weighted by atomic mass is 16.2. The summed E-state index contributed by atoms with van der Waals surface area (Å²) in [5.74, 6) is 0.455. The SMILES string of the molecule is CCN(C)[C@@H](C(=O)Nc1ccn(Cc2cccnc2)n1)c1ccccc1. The quantitative estimate of drug-likeness (QED) is 0.712. The fourth-order valence-corrected chi connectivity index (χ4v) is 2.81. The first kappa shape index (κ1) is 17.8. The first-order chi connectivity index (χ1) is 12.7. The standard InChI is InChI=1S/C20H23N5O/c1-3-24(2)19(17-9-5-4-6-10-17)20(26)22-18-11-13-25(23-18)15-16-8-7-12-21-14-16/h4-14,19H,3,15H2,1-2H3,(H,22,23,26)/t19-/m1/s1. The van der Waals surface area contributed by atoms with Gasteiger partial charge < -0.3 is 5.32 Å². The molecule has 0 fully saturated rings. The maximum atomic E-state index is 12.9. The third-order valence-electron chi connectivity index (χ3n) is 4.26. The molecule has 0 saturated heterocycles. The zero-order valence-corrected chi connectivity index (χ0v) is 15.0. The fraction of sp³-hybridized carbons (Fsp3) is 0.250. The fourth-order valence-electron chi connectivity index (χ4n) is 2.81. The van der Waals surface area contributed by atoms with Gasteiger partial charge in [0.2, 0.25) is 5.91 Å². The lowest BCUT2D eigenvalue weighted by atomic mass is 10.0. The zero-order chi connectivity index (χ0) is 18.4. The van der Waals surface area contributed by atoms with E-state index in [2.05, 4.69) is 15.4 Å². The molecule has 26 heavy (non-hydrogen) atoms. The molecule has 1 aromatic carbocycles. The summed E-state index contributed by atoms with van der Waals surface area (Å²) in [7, 11) is 1.94. The van der Waals surface area contributed by atoms with Crippen LogP contribution in [0.1, 0.15) is 24.1 Å². The van der Waals surface area contributed by atoms with Gasteiger partial charge in [-0.05, 0) is 30.8 Å². The molecule has 0 aliphatic carbocycles. The van der Waals surface area contributed by atoms with Crippen LogP contribution >= 0.6 is 0 Å². The van der Waals surface area contributed by atoms with Crippen molar-refractivity contribution < 1.29 is 4.79 Å². The molecule has 6 nitrogen and oxygen atoms in total. The predicted molar refractivity (Wildman–Crippen MR) is 102 cm³/mol. The van der Waals surface area contributed by atoms with Crippen molar-refractivity contribution in [1.82, 2.24) is 19.7 Å². The molecular weight excluding hydrogens is 326 g/mol. The molecule has 0 bridgehead atoms. The van der Waals surface area contributed by atoms with E-state index in [-0.39, 0.29) is 11.9 Å². The van der Waals surface area contributed by atoms with E-state index in [4.69, 9.17) is 0 Å². The summed E-state index contributed by atoms with van der Waals surface area (Å²) in [5.41, 5.74) is 2.02. The van der Waals surface area contributed by atoms with Crippen LogP contribution < -0.4 is 5.32 Å². The number of nitrogens with zero attached hydrogens (tertiary/aromatic N) is 4. The van der Waals surface area contributed by atoms with Crippen LogP contribution in [0.3, 0.4) is 0 Å². The van der Waals surface area contributed by atoms with Crippen molar-refractivity contribution in [2.75, 3.05) is 18.9 Å². The topological polar surface area (TPSA) is 63.1 Å². The third-order valence-corrected chi connectivity index (χ3v) is 4.26. The molecule has 1 atom stereocenters. The van der Waals surface area contributed by atoms with Gasteiger partial charge >= 0.3 is 0 Å². The molecule has 134 valence electrons. The third kappa shape index (κ3) is 4.34. The lowest BCUT2D eigenvalue weighted by Crippen LogP contribution is -2.34. The predicted octanol–water partition coefficient (Wildman–Crippen LogP) is 2.96. The Kier molecular flexibility index (Phi) is 5.76. The van der Waals surface area contributed by atoms with Crippen molar-refractivity contribution in [3.05, 3.63) is 78.2 Å². The highest BCUT2D eigenvalue weighted by Gasteiger charge is 2.24. The molecule has 3 rings (SSSR count). The van der Waals surface area contributed by atoms with Gasteiger partial charge in [-0.3, -0.25) is 19.4 Å². The summed E-state index contributed by atoms with van der Waals surface area (Å²) in [6.45, 7) is 3.41. The summed E-state index contributed by atoms with van der Waals surface area (Å²) in [5, 5.41) is 7.38. The summed E-state index contributed by atoms with van der Waals surface area (Å²) < 4.78 is 1.79. The second-order valence-electron chi connectivity index (χ2n) is 6.14. The van der Waals surface area contributed by atoms with E-state index in [0.717, 1.165) is 17.7 Å². The molecule has 3 aromatic rings. The van der Waals surface area contributed by atoms with Crippen molar-refractivity contribution >= 4 is 11.7 Å². The van der Waals surface area contributed by atoms with E-state index in [1.165, 1.54) is 0 Å². The number of likely N-dealkylation sites (N-methyl/N-ethyl adjacent to an activating group) is 1. The van der Waals surface area contributed by atoms with Gasteiger partial charge in [0, 0.05) is 24.7 Å². The van der Waals surface area contributed by atoms with Crippen LogP contribution in [0.15, 0.2) is 67.1 Å². The number of pyridine rings is 1. The molecule has 2 aromatic heterocycles. The summed E-state index contributed by atoms with van der Waals surface area (Å²) in [4.78, 5) is 19.0. The zero-order valence-electron chi connectivity index (χ0n) is 15.0. The van der Waals surface area contributed by atoms with Gasteiger partial charge in [0.1, 0.15) is 6.04 Å². The summed E-state index contributed by atoms with van der Waals surface area (Å²) >= 11 is 0. The number of hydrogen-bond acceptors (Lipinski definition) is 4. The number of anilines is 1. The molecule has 0 saturated carbocycles. The lowest BCUT2D eigenvalue weighted by molar-refractivity contribution is -0.121. The van der Waals surface area contributed by atoms with Crippen molar-refractivity contribution in [3.63, 3.8) is 0 Å². The Morgan fingerprint density at radius 1 is 1.19 bits per heavy atom. The first-order valence-corrected chi connectivity index (χ1v) is 8.65. The van der Waals surface area contributed by atoms with E-state index in [0.29, 0.717) is 12.4 Å². The number of carbonyl (C=O) groups is 1. The number of amides is 1. The molecule has 0 unspecified atom stereocenters. The van der Waals surface area contributed by atoms with Crippen molar-refractivity contribution in [1.29, 1.82) is 0 Å². The molecule has 6 heteroatoms. The van der Waals surface area contributed by atoms with Gasteiger partial charge in [-0.15, -0.1) is 0 Å². The molecule has 0 radical (unpaired) electrons. The molecule has 0 aliphatic heterocycles. The van der Waals surface area contributed by atoms with Crippen LogP contribution in [0.5, 0.6) is 0 Å². The maximum absolute atomic E-state index is 12.9. The van der Waals surface area contributed by atoms with Gasteiger partial charge in [0.15, 0.2) is 5.82 Å². The average molecular weight is 349 g/mol. The summed E-state index contributed by atoms with van der Waals surface area (Å²) in [6, 6.07) is 15.1. The number of carbonyl (C=O) groups excluding carboxylic acids is 1. The molecule has 0 aliphatic rings. The van der Waals surface area contributed by atoms with Gasteiger partial charge in [-0.1, -0.05) is 43.3 Å². The van der Waals surface area contributed by atoms with Crippen LogP contribution in [0.25, 0.3) is 0 Å². The highest BCUT2D eigenvalue weighted by molar-refractivity contribution is 5.94. The van der Waals surface area contributed by atoms with Crippen LogP contribution in [-0.2, 0) is 11.3 Å². The number of hydrogen-bond donors (Lipinski definition) is 1. The Morgan fingerprint density at radius 2 is 2.00 bits per heavy atom. The Bertz CT molecular complexity index is 832. The van der Waals surface area contributed by atoms with Gasteiger partial charge in [0.25, 0.3) is 0 Å². The maximum Gasteiger partial charge on any atom is 0.247 e. The minimum absolute atomic E-state index is 0.0906. The second kappa shape index (κ2) is 8.40. The molecule has 0 spiro atoms. The van der Waals surface area contributed by atoms with Crippen molar-refractivity contribution in [3.8, 4) is 0 Å². The Morgan fingerprint density at radius 3 is 2.69 bits per heavy atom. The smallest absolute Gasteiger partial charge is 0.247 e. The van der Waals surface area contributed by atoms with Crippen LogP contribution in [0.2, 0.25) is 0 Å². The Hall–Kier alpha value is -2.99. The molecular formula is C20H23N5O. The Labute approximate surface area is 153 Å². The van der Waals surface area contributed by atoms with Gasteiger partial charge in [0.05, 0.1) is 6.54 Å². The number of nitrogens with one attached hydrogen (secondary N) is 1. The largest absolute Gasteiger partial charge is 0.308 e. The lowest BCUT2D eigenvalue weighted by Gasteiger charge is -2.25. The monoisotopic (exact) mass is 349 g/mol. The van der Waals surface area contributed by atoms with Crippen LogP contribution in [-0.4, -0.2) is 39.2 Å². The van der Waals surface area contributed by atoms with Gasteiger partial charge in [-0.2, -0.15) is 5.10 Å². The molecule has 1 N–H and O–H groups in total. The number of benzene rings is 1. The number of aromatic nitrogens is 3. The van der Waals surface area contributed by atoms with E-state index < -0.39 is 0 Å². The first-order valence-electron chi connectivity index (χ1n) is 8.65. The molecule has 2 heterocycles. The van der Waals surface area contributed by atoms with Gasteiger partial charge in [-0.25, -0.2) is 0 Å². The average Bonchev–Trinajstić information content (AvgIpc) is 3.10. The van der Waals surface area contributed by atoms with E-state index in [1.54, 1.807) is 10.9 Å². The van der Waals surface area contributed by atoms with Crippen molar-refractivity contribution in [2.45, 2.75) is 19.5 Å². The van der Waals surface area contributed by atoms with E-state index >= 15 is 0 Å². The minimum atomic E-state index is -0.357.